The van der Waals surface area contributed by atoms with Gasteiger partial charge in [-0.25, -0.2) is 0 Å². The van der Waals surface area contributed by atoms with Gasteiger partial charge in [-0.05, 0) is 28.3 Å². The highest BCUT2D eigenvalue weighted by atomic mass is 32.2. The minimum atomic E-state index is -1.06. The van der Waals surface area contributed by atoms with Crippen LogP contribution >= 0.6 is 11.8 Å². The lowest BCUT2D eigenvalue weighted by atomic mass is 10.5. The zero-order valence-corrected chi connectivity index (χ0v) is 12.2. The molecular weight excluding hydrogens is 192 g/mol. The summed E-state index contributed by atoms with van der Waals surface area (Å²) in [7, 11) is -1.06. The highest BCUT2D eigenvalue weighted by molar-refractivity contribution is 8.00. The molecule has 0 atom stereocenters. The van der Waals surface area contributed by atoms with E-state index in [2.05, 4.69) is 59.6 Å². The summed E-state index contributed by atoms with van der Waals surface area (Å²) in [6, 6.07) is 0. The van der Waals surface area contributed by atoms with Gasteiger partial charge in [0.25, 0.3) is 0 Å². The van der Waals surface area contributed by atoms with E-state index in [0.717, 1.165) is 16.6 Å². The fraction of sp³-hybridized carbons (Fsp3) is 1.00. The van der Waals surface area contributed by atoms with Gasteiger partial charge in [0.2, 0.25) is 0 Å². The Morgan fingerprint density at radius 3 is 1.23 bits per heavy atom. The van der Waals surface area contributed by atoms with Gasteiger partial charge in [0, 0.05) is 0 Å². The third-order valence-electron chi connectivity index (χ3n) is 3.62. The molecule has 0 saturated carbocycles. The molecule has 13 heavy (non-hydrogen) atoms. The molecule has 80 valence electrons. The molecule has 0 amide bonds. The Hall–Kier alpha value is 0.567. The molecule has 0 unspecified atom stereocenters. The summed E-state index contributed by atoms with van der Waals surface area (Å²) in [4.78, 5) is 0. The molecule has 0 aliphatic heterocycles. The Morgan fingerprint density at radius 2 is 1.15 bits per heavy atom. The molecule has 0 N–H and O–H groups in total. The first-order valence-corrected chi connectivity index (χ1v) is 9.21. The molecule has 2 heteroatoms. The summed E-state index contributed by atoms with van der Waals surface area (Å²) >= 11 is 2.06. The van der Waals surface area contributed by atoms with E-state index in [9.17, 15) is 0 Å². The molecule has 0 fully saturated rings. The van der Waals surface area contributed by atoms with Crippen molar-refractivity contribution >= 4 is 19.8 Å². The van der Waals surface area contributed by atoms with E-state index in [1.165, 1.54) is 5.38 Å². The van der Waals surface area contributed by atoms with Gasteiger partial charge in [-0.3, -0.25) is 0 Å². The molecule has 0 heterocycles. The molecule has 0 nitrogen and oxygen atoms in total. The minimum Gasteiger partial charge on any atom is -0.168 e. The predicted octanol–water partition coefficient (Wildman–Crippen LogP) is 4.57. The van der Waals surface area contributed by atoms with Gasteiger partial charge >= 0.3 is 0 Å². The van der Waals surface area contributed by atoms with Crippen LogP contribution in [0.25, 0.3) is 0 Å². The zero-order valence-electron chi connectivity index (χ0n) is 10.3. The predicted molar refractivity (Wildman–Crippen MR) is 69.4 cm³/mol. The van der Waals surface area contributed by atoms with Crippen molar-refractivity contribution in [3.05, 3.63) is 0 Å². The van der Waals surface area contributed by atoms with Crippen LogP contribution in [0, 0.1) is 0 Å². The van der Waals surface area contributed by atoms with Gasteiger partial charge in [0.05, 0.1) is 8.07 Å². The maximum Gasteiger partial charge on any atom is 0.0714 e. The summed E-state index contributed by atoms with van der Waals surface area (Å²) < 4.78 is 0. The normalized spacial score (nSPS) is 13.4. The molecule has 0 spiro atoms. The smallest absolute Gasteiger partial charge is 0.0714 e. The van der Waals surface area contributed by atoms with Crippen LogP contribution in [0.1, 0.15) is 41.5 Å². The van der Waals surface area contributed by atoms with Crippen LogP contribution in [0.2, 0.25) is 16.6 Å². The number of hydrogen-bond donors (Lipinski definition) is 0. The van der Waals surface area contributed by atoms with Crippen LogP contribution in [0.5, 0.6) is 0 Å². The maximum absolute atomic E-state index is 2.43. The molecule has 0 radical (unpaired) electrons. The van der Waals surface area contributed by atoms with Gasteiger partial charge in [-0.2, -0.15) is 11.8 Å². The lowest BCUT2D eigenvalue weighted by Crippen LogP contribution is -2.47. The van der Waals surface area contributed by atoms with Crippen molar-refractivity contribution in [1.29, 1.82) is 0 Å². The first-order valence-electron chi connectivity index (χ1n) is 5.38. The van der Waals surface area contributed by atoms with Crippen LogP contribution in [0.15, 0.2) is 0 Å². The van der Waals surface area contributed by atoms with Crippen molar-refractivity contribution in [2.24, 2.45) is 0 Å². The van der Waals surface area contributed by atoms with Gasteiger partial charge in [0.1, 0.15) is 0 Å². The van der Waals surface area contributed by atoms with E-state index < -0.39 is 8.07 Å². The standard InChI is InChI=1S/C11H26SSi/c1-9(2)13(8-12-7,10(3)4)11(5)6/h9-11H,8H2,1-7H3. The lowest BCUT2D eigenvalue weighted by Gasteiger charge is -2.42. The first kappa shape index (κ1) is 13.6. The third kappa shape index (κ3) is 2.76. The molecule has 0 aliphatic rings. The van der Waals surface area contributed by atoms with E-state index in [1.54, 1.807) is 0 Å². The lowest BCUT2D eigenvalue weighted by molar-refractivity contribution is 0.820. The summed E-state index contributed by atoms with van der Waals surface area (Å²) in [5.41, 5.74) is 2.75. The zero-order chi connectivity index (χ0) is 10.6. The number of thioether (sulfide) groups is 1. The van der Waals surface area contributed by atoms with Crippen molar-refractivity contribution in [2.45, 2.75) is 58.2 Å². The van der Waals surface area contributed by atoms with Gasteiger partial charge in [-0.15, -0.1) is 0 Å². The largest absolute Gasteiger partial charge is 0.168 e. The Balaban J connectivity index is 4.82. The quantitative estimate of drug-likeness (QED) is 0.609. The van der Waals surface area contributed by atoms with Crippen molar-refractivity contribution in [1.82, 2.24) is 0 Å². The Bertz CT molecular complexity index is 119. The third-order valence-corrected chi connectivity index (χ3v) is 13.2. The maximum atomic E-state index is 2.43. The van der Waals surface area contributed by atoms with Crippen LogP contribution in [-0.4, -0.2) is 19.7 Å². The molecule has 0 aromatic carbocycles. The average Bonchev–Trinajstić information content (AvgIpc) is 1.97. The topological polar surface area (TPSA) is 0 Å². The van der Waals surface area contributed by atoms with E-state index in [0.29, 0.717) is 0 Å². The summed E-state index contributed by atoms with van der Waals surface area (Å²) in [5, 5.41) is 1.43. The van der Waals surface area contributed by atoms with Gasteiger partial charge < -0.3 is 0 Å². The van der Waals surface area contributed by atoms with Crippen LogP contribution in [0.4, 0.5) is 0 Å². The second-order valence-electron chi connectivity index (χ2n) is 5.01. The second-order valence-corrected chi connectivity index (χ2v) is 12.4. The number of hydrogen-bond acceptors (Lipinski definition) is 1. The molecule has 0 rings (SSSR count). The average molecular weight is 218 g/mol. The monoisotopic (exact) mass is 218 g/mol. The summed E-state index contributed by atoms with van der Waals surface area (Å²) in [6.45, 7) is 14.6. The summed E-state index contributed by atoms with van der Waals surface area (Å²) in [6.07, 6.45) is 2.26. The van der Waals surface area contributed by atoms with Crippen LogP contribution < -0.4 is 0 Å². The fourth-order valence-corrected chi connectivity index (χ4v) is 12.8. The molecule has 0 saturated heterocycles. The molecule has 0 bridgehead atoms. The number of rotatable bonds is 5. The van der Waals surface area contributed by atoms with Crippen LogP contribution in [-0.2, 0) is 0 Å². The molecule has 0 aromatic rings. The van der Waals surface area contributed by atoms with Gasteiger partial charge in [-0.1, -0.05) is 41.5 Å². The first-order chi connectivity index (χ1) is 5.89. The Kier molecular flexibility index (Phi) is 5.69. The SMILES string of the molecule is CSC[Si](C(C)C)(C(C)C)C(C)C. The van der Waals surface area contributed by atoms with Crippen molar-refractivity contribution < 1.29 is 0 Å². The van der Waals surface area contributed by atoms with Crippen molar-refractivity contribution in [3.8, 4) is 0 Å². The van der Waals surface area contributed by atoms with E-state index >= 15 is 0 Å². The van der Waals surface area contributed by atoms with E-state index in [-0.39, 0.29) is 0 Å². The Morgan fingerprint density at radius 1 is 0.846 bits per heavy atom. The molecular formula is C11H26SSi. The summed E-state index contributed by atoms with van der Waals surface area (Å²) in [5.74, 6) is 0. The van der Waals surface area contributed by atoms with Gasteiger partial charge in [0.15, 0.2) is 0 Å². The van der Waals surface area contributed by atoms with Crippen molar-refractivity contribution in [3.63, 3.8) is 0 Å². The highest BCUT2D eigenvalue weighted by Crippen LogP contribution is 2.42. The molecule has 0 aromatic heterocycles. The minimum absolute atomic E-state index is 0.917. The highest BCUT2D eigenvalue weighted by Gasteiger charge is 2.41. The van der Waals surface area contributed by atoms with E-state index in [4.69, 9.17) is 0 Å². The van der Waals surface area contributed by atoms with Crippen molar-refractivity contribution in [2.75, 3.05) is 11.6 Å². The Labute approximate surface area is 89.9 Å². The second kappa shape index (κ2) is 5.45. The van der Waals surface area contributed by atoms with Crippen LogP contribution in [0.3, 0.4) is 0 Å². The molecule has 0 aliphatic carbocycles. The fourth-order valence-electron chi connectivity index (χ4n) is 2.75. The van der Waals surface area contributed by atoms with E-state index in [1.807, 2.05) is 0 Å².